The molecule has 1 amide bonds. The maximum absolute atomic E-state index is 12.7. The van der Waals surface area contributed by atoms with E-state index in [0.29, 0.717) is 6.61 Å². The zero-order valence-electron chi connectivity index (χ0n) is 15.6. The van der Waals surface area contributed by atoms with Crippen LogP contribution >= 0.6 is 12.4 Å². The number of hydrogen-bond acceptors (Lipinski definition) is 3. The molecule has 142 valence electrons. The van der Waals surface area contributed by atoms with Crippen LogP contribution in [-0.4, -0.2) is 12.5 Å². The van der Waals surface area contributed by atoms with Gasteiger partial charge in [-0.2, -0.15) is 0 Å². The Kier molecular flexibility index (Phi) is 9.17. The van der Waals surface area contributed by atoms with Crippen LogP contribution in [0.1, 0.15) is 50.4 Å². The molecule has 0 saturated carbocycles. The SMILES string of the molecule is CCOc1ccccc1C(CC)NC(=O)C(C)C(N)c1ccccc1.Cl. The molecular formula is C21H29ClN2O2. The van der Waals surface area contributed by atoms with Crippen molar-refractivity contribution in [2.75, 3.05) is 6.61 Å². The fourth-order valence-corrected chi connectivity index (χ4v) is 2.89. The van der Waals surface area contributed by atoms with Crippen LogP contribution in [0.5, 0.6) is 5.75 Å². The Hall–Kier alpha value is -2.04. The number of benzene rings is 2. The second-order valence-corrected chi connectivity index (χ2v) is 6.17. The van der Waals surface area contributed by atoms with Gasteiger partial charge in [-0.1, -0.05) is 62.4 Å². The number of rotatable bonds is 8. The highest BCUT2D eigenvalue weighted by Crippen LogP contribution is 2.28. The van der Waals surface area contributed by atoms with Crippen LogP contribution in [0.2, 0.25) is 0 Å². The van der Waals surface area contributed by atoms with E-state index in [9.17, 15) is 4.79 Å². The minimum atomic E-state index is -0.333. The average molecular weight is 377 g/mol. The molecule has 5 heteroatoms. The highest BCUT2D eigenvalue weighted by atomic mass is 35.5. The van der Waals surface area contributed by atoms with Crippen molar-refractivity contribution in [3.8, 4) is 5.75 Å². The molecule has 4 nitrogen and oxygen atoms in total. The topological polar surface area (TPSA) is 64.3 Å². The van der Waals surface area contributed by atoms with E-state index in [-0.39, 0.29) is 36.3 Å². The van der Waals surface area contributed by atoms with Gasteiger partial charge in [0, 0.05) is 11.6 Å². The summed E-state index contributed by atoms with van der Waals surface area (Å²) in [6, 6.07) is 17.1. The van der Waals surface area contributed by atoms with Crippen molar-refractivity contribution < 1.29 is 9.53 Å². The van der Waals surface area contributed by atoms with Crippen molar-refractivity contribution in [1.82, 2.24) is 5.32 Å². The van der Waals surface area contributed by atoms with Crippen molar-refractivity contribution in [2.45, 2.75) is 39.3 Å². The Labute approximate surface area is 162 Å². The van der Waals surface area contributed by atoms with Crippen LogP contribution < -0.4 is 15.8 Å². The van der Waals surface area contributed by atoms with E-state index in [1.165, 1.54) is 0 Å². The predicted molar refractivity (Wildman–Crippen MR) is 109 cm³/mol. The maximum Gasteiger partial charge on any atom is 0.225 e. The highest BCUT2D eigenvalue weighted by molar-refractivity contribution is 5.85. The van der Waals surface area contributed by atoms with Gasteiger partial charge in [0.2, 0.25) is 5.91 Å². The second kappa shape index (κ2) is 10.8. The maximum atomic E-state index is 12.7. The fourth-order valence-electron chi connectivity index (χ4n) is 2.89. The molecule has 2 rings (SSSR count). The number of hydrogen-bond donors (Lipinski definition) is 2. The molecule has 0 aliphatic carbocycles. The summed E-state index contributed by atoms with van der Waals surface area (Å²) >= 11 is 0. The van der Waals surface area contributed by atoms with Gasteiger partial charge >= 0.3 is 0 Å². The number of carbonyl (C=O) groups excluding carboxylic acids is 1. The van der Waals surface area contributed by atoms with Crippen molar-refractivity contribution in [3.05, 3.63) is 65.7 Å². The van der Waals surface area contributed by atoms with Crippen LogP contribution in [0.3, 0.4) is 0 Å². The summed E-state index contributed by atoms with van der Waals surface area (Å²) in [4.78, 5) is 12.7. The van der Waals surface area contributed by atoms with E-state index in [0.717, 1.165) is 23.3 Å². The minimum Gasteiger partial charge on any atom is -0.494 e. The van der Waals surface area contributed by atoms with E-state index in [4.69, 9.17) is 10.5 Å². The Morgan fingerprint density at radius 1 is 1.08 bits per heavy atom. The molecular weight excluding hydrogens is 348 g/mol. The molecule has 3 atom stereocenters. The smallest absolute Gasteiger partial charge is 0.225 e. The molecule has 0 saturated heterocycles. The Bertz CT molecular complexity index is 679. The summed E-state index contributed by atoms with van der Waals surface area (Å²) in [5.74, 6) is 0.447. The molecule has 0 heterocycles. The summed E-state index contributed by atoms with van der Waals surface area (Å²) in [6.07, 6.45) is 0.781. The molecule has 2 aromatic carbocycles. The van der Waals surface area contributed by atoms with Gasteiger partial charge in [0.15, 0.2) is 0 Å². The van der Waals surface area contributed by atoms with Gasteiger partial charge < -0.3 is 15.8 Å². The van der Waals surface area contributed by atoms with Crippen LogP contribution in [0.25, 0.3) is 0 Å². The van der Waals surface area contributed by atoms with Gasteiger partial charge in [0.25, 0.3) is 0 Å². The van der Waals surface area contributed by atoms with Crippen molar-refractivity contribution in [1.29, 1.82) is 0 Å². The predicted octanol–water partition coefficient (Wildman–Crippen LogP) is 4.41. The van der Waals surface area contributed by atoms with Gasteiger partial charge in [0.1, 0.15) is 5.75 Å². The summed E-state index contributed by atoms with van der Waals surface area (Å²) in [7, 11) is 0. The minimum absolute atomic E-state index is 0. The van der Waals surface area contributed by atoms with Gasteiger partial charge in [0.05, 0.1) is 18.6 Å². The lowest BCUT2D eigenvalue weighted by atomic mass is 9.93. The molecule has 0 radical (unpaired) electrons. The van der Waals surface area contributed by atoms with Crippen LogP contribution in [0, 0.1) is 5.92 Å². The number of nitrogens with one attached hydrogen (secondary N) is 1. The molecule has 0 bridgehead atoms. The molecule has 0 aliphatic rings. The van der Waals surface area contributed by atoms with E-state index in [2.05, 4.69) is 12.2 Å². The Morgan fingerprint density at radius 2 is 1.69 bits per heavy atom. The first-order valence-electron chi connectivity index (χ1n) is 8.91. The zero-order chi connectivity index (χ0) is 18.2. The summed E-state index contributed by atoms with van der Waals surface area (Å²) in [5, 5.41) is 3.13. The van der Waals surface area contributed by atoms with Crippen molar-refractivity contribution in [3.63, 3.8) is 0 Å². The van der Waals surface area contributed by atoms with E-state index < -0.39 is 0 Å². The number of nitrogens with two attached hydrogens (primary N) is 1. The second-order valence-electron chi connectivity index (χ2n) is 6.17. The van der Waals surface area contributed by atoms with Crippen molar-refractivity contribution >= 4 is 18.3 Å². The Balaban J connectivity index is 0.00000338. The monoisotopic (exact) mass is 376 g/mol. The molecule has 3 unspecified atom stereocenters. The zero-order valence-corrected chi connectivity index (χ0v) is 16.5. The summed E-state index contributed by atoms with van der Waals surface area (Å²) < 4.78 is 5.70. The largest absolute Gasteiger partial charge is 0.494 e. The third-order valence-electron chi connectivity index (χ3n) is 4.46. The number of para-hydroxylation sites is 1. The number of halogens is 1. The fraction of sp³-hybridized carbons (Fsp3) is 0.381. The van der Waals surface area contributed by atoms with Crippen LogP contribution in [-0.2, 0) is 4.79 Å². The van der Waals surface area contributed by atoms with Gasteiger partial charge in [-0.15, -0.1) is 12.4 Å². The number of amides is 1. The lowest BCUT2D eigenvalue weighted by molar-refractivity contribution is -0.126. The van der Waals surface area contributed by atoms with E-state index in [1.54, 1.807) is 0 Å². The van der Waals surface area contributed by atoms with E-state index in [1.807, 2.05) is 68.4 Å². The van der Waals surface area contributed by atoms with Crippen LogP contribution in [0.15, 0.2) is 54.6 Å². The van der Waals surface area contributed by atoms with Crippen molar-refractivity contribution in [2.24, 2.45) is 11.7 Å². The third kappa shape index (κ3) is 5.48. The number of ether oxygens (including phenoxy) is 1. The quantitative estimate of drug-likeness (QED) is 0.717. The molecule has 0 fully saturated rings. The lowest BCUT2D eigenvalue weighted by Gasteiger charge is -2.25. The molecule has 0 aromatic heterocycles. The first-order chi connectivity index (χ1) is 12.1. The Morgan fingerprint density at radius 3 is 2.31 bits per heavy atom. The third-order valence-corrected chi connectivity index (χ3v) is 4.46. The van der Waals surface area contributed by atoms with Crippen LogP contribution in [0.4, 0.5) is 0 Å². The first-order valence-corrected chi connectivity index (χ1v) is 8.91. The molecule has 2 aromatic rings. The molecule has 3 N–H and O–H groups in total. The van der Waals surface area contributed by atoms with Gasteiger partial charge in [-0.25, -0.2) is 0 Å². The van der Waals surface area contributed by atoms with E-state index >= 15 is 0 Å². The molecule has 26 heavy (non-hydrogen) atoms. The average Bonchev–Trinajstić information content (AvgIpc) is 2.66. The highest BCUT2D eigenvalue weighted by Gasteiger charge is 2.25. The lowest BCUT2D eigenvalue weighted by Crippen LogP contribution is -2.37. The van der Waals surface area contributed by atoms with Gasteiger partial charge in [-0.05, 0) is 25.0 Å². The summed E-state index contributed by atoms with van der Waals surface area (Å²) in [5.41, 5.74) is 8.25. The summed E-state index contributed by atoms with van der Waals surface area (Å²) in [6.45, 7) is 6.47. The number of carbonyl (C=O) groups is 1. The molecule has 0 aliphatic heterocycles. The first kappa shape index (κ1) is 22.0. The standard InChI is InChI=1S/C21H28N2O2.ClH/c1-4-18(17-13-9-10-14-19(17)25-5-2)23-21(24)15(3)20(22)16-11-7-6-8-12-16;/h6-15,18,20H,4-5,22H2,1-3H3,(H,23,24);1H. The van der Waals surface area contributed by atoms with Gasteiger partial charge in [-0.3, -0.25) is 4.79 Å². The normalized spacial score (nSPS) is 13.8. The molecule has 0 spiro atoms.